The van der Waals surface area contributed by atoms with Gasteiger partial charge in [-0.2, -0.15) is 25.3 Å². The van der Waals surface area contributed by atoms with E-state index >= 15 is 0 Å². The number of amides is 1. The molecule has 4 rings (SSSR count). The van der Waals surface area contributed by atoms with Crippen molar-refractivity contribution in [1.29, 1.82) is 0 Å². The standard InChI is InChI=1S/C28H37N3O3S2/c1-34-28(33)27-24(22-8-7-20-5-2-3-6-21(20)17-22)18-23-9-10-25(27)31(23)13-4-12-30(14-16-36)19-26(32)29-11-15-35/h2-3,5-8,17,23,25,35-36H,4,9-16,18-19H2,1H3,(H,29,32). The van der Waals surface area contributed by atoms with Gasteiger partial charge in [0.25, 0.3) is 0 Å². The van der Waals surface area contributed by atoms with Crippen molar-refractivity contribution in [3.63, 3.8) is 0 Å². The van der Waals surface area contributed by atoms with Crippen molar-refractivity contribution in [3.05, 3.63) is 53.6 Å². The van der Waals surface area contributed by atoms with Crippen molar-refractivity contribution in [3.8, 4) is 0 Å². The van der Waals surface area contributed by atoms with Gasteiger partial charge in [0.05, 0.1) is 19.2 Å². The molecular formula is C28H37N3O3S2. The van der Waals surface area contributed by atoms with Crippen LogP contribution < -0.4 is 5.32 Å². The topological polar surface area (TPSA) is 61.9 Å². The molecule has 0 aromatic heterocycles. The molecule has 0 spiro atoms. The molecule has 2 unspecified atom stereocenters. The Labute approximate surface area is 225 Å². The second kappa shape index (κ2) is 13.0. The zero-order valence-corrected chi connectivity index (χ0v) is 22.8. The fourth-order valence-corrected chi connectivity index (χ4v) is 6.11. The number of rotatable bonds is 12. The second-order valence-corrected chi connectivity index (χ2v) is 10.5. The summed E-state index contributed by atoms with van der Waals surface area (Å²) in [7, 11) is 1.48. The highest BCUT2D eigenvalue weighted by molar-refractivity contribution is 7.80. The molecule has 8 heteroatoms. The number of methoxy groups -OCH3 is 1. The number of fused-ring (bicyclic) bond motifs is 3. The lowest BCUT2D eigenvalue weighted by molar-refractivity contribution is -0.137. The van der Waals surface area contributed by atoms with Crippen LogP contribution in [0.25, 0.3) is 16.3 Å². The molecule has 2 bridgehead atoms. The normalized spacial score (nSPS) is 19.8. The van der Waals surface area contributed by atoms with E-state index in [1.54, 1.807) is 0 Å². The summed E-state index contributed by atoms with van der Waals surface area (Å²) < 4.78 is 5.29. The lowest BCUT2D eigenvalue weighted by Crippen LogP contribution is -2.45. The molecule has 6 nitrogen and oxygen atoms in total. The number of thiol groups is 2. The third-order valence-electron chi connectivity index (χ3n) is 7.35. The van der Waals surface area contributed by atoms with E-state index < -0.39 is 0 Å². The highest BCUT2D eigenvalue weighted by Gasteiger charge is 2.44. The molecule has 1 amide bonds. The molecule has 2 aromatic rings. The molecule has 2 aromatic carbocycles. The summed E-state index contributed by atoms with van der Waals surface area (Å²) in [4.78, 5) is 29.9. The summed E-state index contributed by atoms with van der Waals surface area (Å²) in [5.74, 6) is 1.15. The van der Waals surface area contributed by atoms with Gasteiger partial charge in [0, 0.05) is 43.2 Å². The fourth-order valence-electron chi connectivity index (χ4n) is 5.71. The van der Waals surface area contributed by atoms with Gasteiger partial charge in [-0.15, -0.1) is 0 Å². The van der Waals surface area contributed by atoms with Crippen LogP contribution in [0.2, 0.25) is 0 Å². The lowest BCUT2D eigenvalue weighted by Gasteiger charge is -2.37. The maximum atomic E-state index is 13.0. The van der Waals surface area contributed by atoms with E-state index in [9.17, 15) is 9.59 Å². The van der Waals surface area contributed by atoms with Crippen molar-refractivity contribution in [1.82, 2.24) is 15.1 Å². The maximum absolute atomic E-state index is 13.0. The minimum atomic E-state index is -0.217. The molecule has 1 saturated heterocycles. The Morgan fingerprint density at radius 1 is 1.08 bits per heavy atom. The number of carbonyl (C=O) groups excluding carboxylic acids is 2. The van der Waals surface area contributed by atoms with Crippen LogP contribution in [0, 0.1) is 0 Å². The van der Waals surface area contributed by atoms with E-state index in [2.05, 4.69) is 76.8 Å². The van der Waals surface area contributed by atoms with Crippen molar-refractivity contribution in [2.45, 2.75) is 37.8 Å². The molecule has 0 saturated carbocycles. The van der Waals surface area contributed by atoms with Crippen LogP contribution in [0.1, 0.15) is 31.2 Å². The molecule has 36 heavy (non-hydrogen) atoms. The van der Waals surface area contributed by atoms with Crippen LogP contribution in [0.4, 0.5) is 0 Å². The number of ether oxygens (including phenoxy) is 1. The average molecular weight is 528 g/mol. The number of carbonyl (C=O) groups is 2. The summed E-state index contributed by atoms with van der Waals surface area (Å²) in [5.41, 5.74) is 3.08. The Morgan fingerprint density at radius 2 is 1.89 bits per heavy atom. The van der Waals surface area contributed by atoms with Gasteiger partial charge >= 0.3 is 5.97 Å². The SMILES string of the molecule is COC(=O)C1=C(c2ccc3ccccc3c2)CC2CCC1N2CCCN(CCS)CC(=O)NCCS. The van der Waals surface area contributed by atoms with Crippen molar-refractivity contribution >= 4 is 53.5 Å². The Balaban J connectivity index is 1.48. The van der Waals surface area contributed by atoms with Gasteiger partial charge in [-0.25, -0.2) is 4.79 Å². The number of esters is 1. The highest BCUT2D eigenvalue weighted by atomic mass is 32.1. The van der Waals surface area contributed by atoms with E-state index in [-0.39, 0.29) is 17.9 Å². The summed E-state index contributed by atoms with van der Waals surface area (Å²) in [6, 6.07) is 15.3. The smallest absolute Gasteiger partial charge is 0.335 e. The van der Waals surface area contributed by atoms with Gasteiger partial charge in [0.2, 0.25) is 5.91 Å². The second-order valence-electron chi connectivity index (χ2n) is 9.56. The first kappa shape index (κ1) is 27.0. The number of nitrogens with zero attached hydrogens (tertiary/aromatic N) is 2. The molecule has 0 aliphatic carbocycles. The van der Waals surface area contributed by atoms with E-state index in [4.69, 9.17) is 4.74 Å². The van der Waals surface area contributed by atoms with E-state index in [1.165, 1.54) is 17.9 Å². The largest absolute Gasteiger partial charge is 0.466 e. The number of hydrogen-bond donors (Lipinski definition) is 3. The van der Waals surface area contributed by atoms with Gasteiger partial charge in [0.15, 0.2) is 0 Å². The quantitative estimate of drug-likeness (QED) is 0.291. The molecular weight excluding hydrogens is 490 g/mol. The molecule has 2 aliphatic heterocycles. The molecule has 0 radical (unpaired) electrons. The van der Waals surface area contributed by atoms with Gasteiger partial charge in [-0.05, 0) is 60.2 Å². The number of nitrogens with one attached hydrogen (secondary N) is 1. The third-order valence-corrected chi connectivity index (χ3v) is 7.78. The third kappa shape index (κ3) is 6.28. The van der Waals surface area contributed by atoms with Crippen LogP contribution >= 0.6 is 25.3 Å². The van der Waals surface area contributed by atoms with Crippen molar-refractivity contribution < 1.29 is 14.3 Å². The molecule has 1 N–H and O–H groups in total. The zero-order valence-electron chi connectivity index (χ0n) is 21.0. The monoisotopic (exact) mass is 527 g/mol. The summed E-state index contributed by atoms with van der Waals surface area (Å²) in [6.45, 7) is 3.43. The van der Waals surface area contributed by atoms with E-state index in [0.29, 0.717) is 30.6 Å². The van der Waals surface area contributed by atoms with E-state index in [1.807, 2.05) is 6.07 Å². The summed E-state index contributed by atoms with van der Waals surface area (Å²) in [6.07, 6.45) is 3.83. The molecule has 194 valence electrons. The average Bonchev–Trinajstić information content (AvgIpc) is 3.17. The summed E-state index contributed by atoms with van der Waals surface area (Å²) >= 11 is 8.53. The van der Waals surface area contributed by atoms with Crippen LogP contribution in [0.3, 0.4) is 0 Å². The van der Waals surface area contributed by atoms with Crippen molar-refractivity contribution in [2.24, 2.45) is 0 Å². The van der Waals surface area contributed by atoms with Crippen LogP contribution in [-0.2, 0) is 14.3 Å². The van der Waals surface area contributed by atoms with Gasteiger partial charge < -0.3 is 10.1 Å². The van der Waals surface area contributed by atoms with Crippen LogP contribution in [-0.4, -0.2) is 85.1 Å². The van der Waals surface area contributed by atoms with E-state index in [0.717, 1.165) is 62.0 Å². The highest BCUT2D eigenvalue weighted by Crippen LogP contribution is 2.43. The molecule has 1 fully saturated rings. The summed E-state index contributed by atoms with van der Waals surface area (Å²) in [5, 5.41) is 5.28. The molecule has 2 aliphatic rings. The predicted molar refractivity (Wildman–Crippen MR) is 153 cm³/mol. The Hall–Kier alpha value is -2.00. The number of benzene rings is 2. The van der Waals surface area contributed by atoms with Gasteiger partial charge in [-0.3, -0.25) is 14.6 Å². The fraction of sp³-hybridized carbons (Fsp3) is 0.500. The van der Waals surface area contributed by atoms with Crippen LogP contribution in [0.15, 0.2) is 48.0 Å². The minimum Gasteiger partial charge on any atom is -0.466 e. The Bertz CT molecular complexity index is 1110. The first-order chi connectivity index (χ1) is 17.5. The first-order valence-corrected chi connectivity index (χ1v) is 14.1. The number of hydrogen-bond acceptors (Lipinski definition) is 7. The predicted octanol–water partition coefficient (Wildman–Crippen LogP) is 3.67. The first-order valence-electron chi connectivity index (χ1n) is 12.8. The van der Waals surface area contributed by atoms with Crippen LogP contribution in [0.5, 0.6) is 0 Å². The molecule has 2 atom stereocenters. The van der Waals surface area contributed by atoms with Gasteiger partial charge in [0.1, 0.15) is 0 Å². The van der Waals surface area contributed by atoms with Crippen molar-refractivity contribution in [2.75, 3.05) is 51.3 Å². The minimum absolute atomic E-state index is 0.0276. The lowest BCUT2D eigenvalue weighted by atomic mass is 9.87. The molecule has 2 heterocycles. The maximum Gasteiger partial charge on any atom is 0.335 e. The zero-order chi connectivity index (χ0) is 25.5. The van der Waals surface area contributed by atoms with Gasteiger partial charge in [-0.1, -0.05) is 36.4 Å². The Kier molecular flexibility index (Phi) is 9.76. The Morgan fingerprint density at radius 3 is 2.64 bits per heavy atom.